The SMILES string of the molecule is CC[C@@]1(COP(=O)(N[C@@H](C)C(=O)OC2CCCCC2)N[C@@H](C)C(=O)OC2CCCCC2)CC[C@H](n2ccc(N)nc2=O)O1. The highest BCUT2D eigenvalue weighted by Crippen LogP contribution is 2.45. The summed E-state index contributed by atoms with van der Waals surface area (Å²) in [5, 5.41) is 5.60. The molecule has 1 aliphatic heterocycles. The minimum atomic E-state index is -4.04. The van der Waals surface area contributed by atoms with Crippen LogP contribution in [0.25, 0.3) is 0 Å². The highest BCUT2D eigenvalue weighted by Gasteiger charge is 2.43. The number of anilines is 1. The molecule has 2 heterocycles. The number of hydrogen-bond donors (Lipinski definition) is 3. The van der Waals surface area contributed by atoms with Crippen molar-refractivity contribution in [2.75, 3.05) is 12.3 Å². The van der Waals surface area contributed by atoms with E-state index >= 15 is 0 Å². The molecule has 4 N–H and O–H groups in total. The van der Waals surface area contributed by atoms with Gasteiger partial charge in [0.15, 0.2) is 0 Å². The summed E-state index contributed by atoms with van der Waals surface area (Å²) in [7, 11) is -4.04. The Kier molecular flexibility index (Phi) is 11.8. The normalized spacial score (nSPS) is 25.2. The molecule has 0 radical (unpaired) electrons. The topological polar surface area (TPSA) is 173 Å². The number of nitrogens with two attached hydrogens (primary N) is 1. The number of nitrogens with zero attached hydrogens (tertiary/aromatic N) is 2. The van der Waals surface area contributed by atoms with Gasteiger partial charge in [0.25, 0.3) is 0 Å². The van der Waals surface area contributed by atoms with Gasteiger partial charge < -0.3 is 24.5 Å². The summed E-state index contributed by atoms with van der Waals surface area (Å²) in [5.41, 5.74) is 4.23. The van der Waals surface area contributed by atoms with Gasteiger partial charge in [0, 0.05) is 6.20 Å². The van der Waals surface area contributed by atoms with Crippen LogP contribution in [0.3, 0.4) is 0 Å². The van der Waals surface area contributed by atoms with Crippen molar-refractivity contribution in [2.24, 2.45) is 0 Å². The van der Waals surface area contributed by atoms with Crippen molar-refractivity contribution in [3.05, 3.63) is 22.7 Å². The van der Waals surface area contributed by atoms with Crippen LogP contribution in [0.1, 0.15) is 110 Å². The zero-order valence-electron chi connectivity index (χ0n) is 25.6. The van der Waals surface area contributed by atoms with E-state index in [4.69, 9.17) is 24.5 Å². The number of carbonyl (C=O) groups excluding carboxylic acids is 2. The molecule has 1 aromatic heterocycles. The zero-order valence-corrected chi connectivity index (χ0v) is 26.5. The summed E-state index contributed by atoms with van der Waals surface area (Å²) < 4.78 is 39.4. The molecule has 0 spiro atoms. The van der Waals surface area contributed by atoms with Gasteiger partial charge in [-0.25, -0.2) is 15.0 Å². The number of carbonyl (C=O) groups is 2. The van der Waals surface area contributed by atoms with Crippen LogP contribution in [-0.2, 0) is 32.9 Å². The fraction of sp³-hybridized carbons (Fsp3) is 0.793. The first-order valence-electron chi connectivity index (χ1n) is 15.7. The van der Waals surface area contributed by atoms with Crippen LogP contribution in [0.4, 0.5) is 5.82 Å². The summed E-state index contributed by atoms with van der Waals surface area (Å²) in [4.78, 5) is 42.1. The second-order valence-corrected chi connectivity index (χ2v) is 14.0. The number of nitrogen functional groups attached to an aromatic ring is 1. The largest absolute Gasteiger partial charge is 0.461 e. The van der Waals surface area contributed by atoms with Crippen LogP contribution in [0, 0.1) is 0 Å². The number of nitrogens with one attached hydrogen (secondary N) is 2. The number of hydrogen-bond acceptors (Lipinski definition) is 10. The molecular weight excluding hydrogens is 577 g/mol. The number of rotatable bonds is 13. The summed E-state index contributed by atoms with van der Waals surface area (Å²) >= 11 is 0. The third kappa shape index (κ3) is 9.34. The average molecular weight is 626 g/mol. The van der Waals surface area contributed by atoms with Crippen LogP contribution in [0.5, 0.6) is 0 Å². The summed E-state index contributed by atoms with van der Waals surface area (Å²) in [6, 6.07) is -0.427. The molecule has 1 aromatic rings. The van der Waals surface area contributed by atoms with Crippen LogP contribution < -0.4 is 21.6 Å². The molecular formula is C29H48N5O8P. The molecule has 3 aliphatic rings. The predicted octanol–water partition coefficient (Wildman–Crippen LogP) is 4.12. The Hall–Kier alpha value is -2.31. The molecule has 4 rings (SSSR count). The smallest absolute Gasteiger partial charge is 0.351 e. The fourth-order valence-electron chi connectivity index (χ4n) is 5.94. The highest BCUT2D eigenvalue weighted by molar-refractivity contribution is 7.54. The first-order valence-corrected chi connectivity index (χ1v) is 17.4. The highest BCUT2D eigenvalue weighted by atomic mass is 31.2. The number of aromatic nitrogens is 2. The maximum Gasteiger partial charge on any atom is 0.351 e. The minimum Gasteiger partial charge on any atom is -0.461 e. The lowest BCUT2D eigenvalue weighted by molar-refractivity contribution is -0.152. The van der Waals surface area contributed by atoms with Gasteiger partial charge in [-0.2, -0.15) is 4.98 Å². The second kappa shape index (κ2) is 15.1. The van der Waals surface area contributed by atoms with Crippen molar-refractivity contribution in [2.45, 2.75) is 140 Å². The lowest BCUT2D eigenvalue weighted by atomic mass is 9.98. The van der Waals surface area contributed by atoms with Gasteiger partial charge in [0.05, 0.1) is 12.2 Å². The van der Waals surface area contributed by atoms with Gasteiger partial charge >= 0.3 is 25.3 Å². The van der Waals surface area contributed by atoms with E-state index in [0.29, 0.717) is 19.3 Å². The third-order valence-corrected chi connectivity index (χ3v) is 10.6. The molecule has 1 saturated heterocycles. The maximum absolute atomic E-state index is 14.3. The Balaban J connectivity index is 1.45. The third-order valence-electron chi connectivity index (χ3n) is 8.65. The van der Waals surface area contributed by atoms with Crippen LogP contribution >= 0.6 is 7.67 Å². The van der Waals surface area contributed by atoms with E-state index in [1.807, 2.05) is 6.92 Å². The molecule has 242 valence electrons. The van der Waals surface area contributed by atoms with Crippen LogP contribution in [-0.4, -0.2) is 58.0 Å². The molecule has 0 bridgehead atoms. The molecule has 2 aliphatic carbocycles. The van der Waals surface area contributed by atoms with E-state index in [1.54, 1.807) is 13.8 Å². The van der Waals surface area contributed by atoms with Gasteiger partial charge in [-0.05, 0) is 90.5 Å². The lowest BCUT2D eigenvalue weighted by Crippen LogP contribution is -2.45. The van der Waals surface area contributed by atoms with E-state index in [0.717, 1.165) is 64.2 Å². The van der Waals surface area contributed by atoms with Crippen LogP contribution in [0.15, 0.2) is 17.1 Å². The van der Waals surface area contributed by atoms with Crippen molar-refractivity contribution in [1.82, 2.24) is 19.7 Å². The monoisotopic (exact) mass is 625 g/mol. The van der Waals surface area contributed by atoms with E-state index in [9.17, 15) is 18.9 Å². The van der Waals surface area contributed by atoms with Gasteiger partial charge in [-0.1, -0.05) is 19.8 Å². The Labute approximate surface area is 253 Å². The summed E-state index contributed by atoms with van der Waals surface area (Å²) in [5.74, 6) is -0.949. The van der Waals surface area contributed by atoms with Gasteiger partial charge in [-0.15, -0.1) is 0 Å². The molecule has 0 amide bonds. The predicted molar refractivity (Wildman–Crippen MR) is 160 cm³/mol. The fourth-order valence-corrected chi connectivity index (χ4v) is 7.81. The first-order chi connectivity index (χ1) is 20.5. The van der Waals surface area contributed by atoms with Crippen LogP contribution in [0.2, 0.25) is 0 Å². The molecule has 3 fully saturated rings. The van der Waals surface area contributed by atoms with Gasteiger partial charge in [0.1, 0.15) is 36.3 Å². The Morgan fingerprint density at radius 3 is 2.05 bits per heavy atom. The standard InChI is InChI=1S/C29H48N5O8P/c1-4-29(17-15-25(42-29)34-18-16-24(30)31-28(34)37)19-39-43(38,32-20(2)26(35)40-22-11-7-5-8-12-22)33-21(3)27(36)41-23-13-9-6-10-14-23/h16,18,20-23,25H,4-15,17,19H2,1-3H3,(H2,30,31,37)(H2,32,33,38)/t20-,21-,25+,29-/m0/s1. The van der Waals surface area contributed by atoms with E-state index in [2.05, 4.69) is 15.2 Å². The molecule has 0 unspecified atom stereocenters. The van der Waals surface area contributed by atoms with Crippen molar-refractivity contribution in [1.29, 1.82) is 0 Å². The number of ether oxygens (including phenoxy) is 3. The van der Waals surface area contributed by atoms with Crippen molar-refractivity contribution in [3.8, 4) is 0 Å². The second-order valence-electron chi connectivity index (χ2n) is 12.1. The lowest BCUT2D eigenvalue weighted by Gasteiger charge is -2.33. The first kappa shape index (κ1) is 33.6. The van der Waals surface area contributed by atoms with Gasteiger partial charge in [0.2, 0.25) is 0 Å². The molecule has 4 atom stereocenters. The van der Waals surface area contributed by atoms with Gasteiger partial charge in [-0.3, -0.25) is 18.7 Å². The molecule has 13 nitrogen and oxygen atoms in total. The molecule has 43 heavy (non-hydrogen) atoms. The molecule has 0 aromatic carbocycles. The number of esters is 2. The Morgan fingerprint density at radius 1 is 1.02 bits per heavy atom. The molecule has 2 saturated carbocycles. The Bertz CT molecular complexity index is 1160. The van der Waals surface area contributed by atoms with Crippen molar-refractivity contribution >= 4 is 25.4 Å². The summed E-state index contributed by atoms with van der Waals surface area (Å²) in [6.07, 6.45) is 11.6. The maximum atomic E-state index is 14.3. The average Bonchev–Trinajstić information content (AvgIpc) is 3.42. The van der Waals surface area contributed by atoms with Crippen molar-refractivity contribution < 1.29 is 32.9 Å². The van der Waals surface area contributed by atoms with E-state index in [1.165, 1.54) is 16.8 Å². The molecule has 14 heteroatoms. The van der Waals surface area contributed by atoms with E-state index in [-0.39, 0.29) is 24.6 Å². The quantitative estimate of drug-likeness (QED) is 0.212. The zero-order chi connectivity index (χ0) is 31.0. The summed E-state index contributed by atoms with van der Waals surface area (Å²) in [6.45, 7) is 4.91. The Morgan fingerprint density at radius 2 is 1.56 bits per heavy atom. The minimum absolute atomic E-state index is 0.120. The van der Waals surface area contributed by atoms with E-state index < -0.39 is 49.2 Å². The van der Waals surface area contributed by atoms with Crippen molar-refractivity contribution in [3.63, 3.8) is 0 Å².